The van der Waals surface area contributed by atoms with Crippen LogP contribution in [0.1, 0.15) is 32.8 Å². The number of benzene rings is 2. The van der Waals surface area contributed by atoms with E-state index >= 15 is 0 Å². The number of amides is 2. The highest BCUT2D eigenvalue weighted by atomic mass is 35.5. The monoisotopic (exact) mass is 547 g/mol. The number of carbonyl (C=O) groups excluding carboxylic acids is 2. The van der Waals surface area contributed by atoms with E-state index in [-0.39, 0.29) is 23.4 Å². The molecule has 7 nitrogen and oxygen atoms in total. The summed E-state index contributed by atoms with van der Waals surface area (Å²) in [5.41, 5.74) is 0.582. The maximum Gasteiger partial charge on any atom is 0.243 e. The minimum Gasteiger partial charge on any atom is -0.352 e. The molecule has 0 unspecified atom stereocenters. The van der Waals surface area contributed by atoms with Crippen molar-refractivity contribution in [3.63, 3.8) is 0 Å². The van der Waals surface area contributed by atoms with E-state index in [2.05, 4.69) is 5.32 Å². The Morgan fingerprint density at radius 2 is 1.59 bits per heavy atom. The Bertz CT molecular complexity index is 1120. The maximum absolute atomic E-state index is 13.4. The van der Waals surface area contributed by atoms with Gasteiger partial charge >= 0.3 is 0 Å². The first-order valence-corrected chi connectivity index (χ1v) is 13.2. The second-order valence-corrected chi connectivity index (χ2v) is 11.4. The normalized spacial score (nSPS) is 12.6. The molecular weight excluding hydrogens is 521 g/mol. The fourth-order valence-electron chi connectivity index (χ4n) is 3.29. The molecule has 2 aromatic carbocycles. The minimum absolute atomic E-state index is 0.00379. The van der Waals surface area contributed by atoms with E-state index in [9.17, 15) is 18.0 Å². The zero-order valence-corrected chi connectivity index (χ0v) is 22.5. The quantitative estimate of drug-likeness (QED) is 0.470. The number of hydrogen-bond donors (Lipinski definition) is 1. The molecule has 0 spiro atoms. The average Bonchev–Trinajstić information content (AvgIpc) is 2.74. The van der Waals surface area contributed by atoms with Crippen molar-refractivity contribution in [1.29, 1.82) is 0 Å². The van der Waals surface area contributed by atoms with Gasteiger partial charge in [-0.2, -0.15) is 4.31 Å². The fourth-order valence-corrected chi connectivity index (χ4v) is 5.00. The van der Waals surface area contributed by atoms with Crippen LogP contribution in [0, 0.1) is 0 Å². The number of hydrogen-bond acceptors (Lipinski definition) is 4. The summed E-state index contributed by atoms with van der Waals surface area (Å²) in [4.78, 5) is 27.7. The van der Waals surface area contributed by atoms with Gasteiger partial charge in [0.2, 0.25) is 21.8 Å². The molecule has 11 heteroatoms. The molecule has 0 heterocycles. The van der Waals surface area contributed by atoms with Crippen LogP contribution < -0.4 is 5.32 Å². The molecular formula is C23H28Cl3N3O4S. The highest BCUT2D eigenvalue weighted by Crippen LogP contribution is 2.24. The van der Waals surface area contributed by atoms with Crippen LogP contribution in [0.5, 0.6) is 0 Å². The Hall–Kier alpha value is -1.84. The van der Waals surface area contributed by atoms with E-state index in [0.717, 1.165) is 4.31 Å². The second kappa shape index (κ2) is 12.2. The van der Waals surface area contributed by atoms with Crippen molar-refractivity contribution in [1.82, 2.24) is 14.5 Å². The van der Waals surface area contributed by atoms with Crippen LogP contribution >= 0.6 is 34.8 Å². The summed E-state index contributed by atoms with van der Waals surface area (Å²) >= 11 is 18.2. The molecule has 0 fully saturated rings. The lowest BCUT2D eigenvalue weighted by atomic mass is 10.1. The maximum atomic E-state index is 13.4. The summed E-state index contributed by atoms with van der Waals surface area (Å²) in [7, 11) is -2.65. The summed E-state index contributed by atoms with van der Waals surface area (Å²) in [5.74, 6) is -0.879. The highest BCUT2D eigenvalue weighted by Gasteiger charge is 2.32. The Kier molecular flexibility index (Phi) is 10.2. The van der Waals surface area contributed by atoms with E-state index < -0.39 is 28.5 Å². The van der Waals surface area contributed by atoms with Crippen molar-refractivity contribution < 1.29 is 18.0 Å². The van der Waals surface area contributed by atoms with E-state index in [1.54, 1.807) is 25.1 Å². The zero-order chi connectivity index (χ0) is 25.6. The van der Waals surface area contributed by atoms with Gasteiger partial charge < -0.3 is 10.2 Å². The summed E-state index contributed by atoms with van der Waals surface area (Å²) in [6.07, 6.45) is 0.323. The molecule has 1 atom stereocenters. The number of nitrogens with zero attached hydrogens (tertiary/aromatic N) is 2. The number of likely N-dealkylation sites (N-methyl/N-ethyl adjacent to an activating group) is 1. The third-order valence-electron chi connectivity index (χ3n) is 5.05. The van der Waals surface area contributed by atoms with Gasteiger partial charge in [-0.3, -0.25) is 9.59 Å². The van der Waals surface area contributed by atoms with E-state index in [1.165, 1.54) is 36.2 Å². The van der Waals surface area contributed by atoms with E-state index in [0.29, 0.717) is 27.1 Å². The molecule has 2 amide bonds. The van der Waals surface area contributed by atoms with Gasteiger partial charge in [0.15, 0.2) is 0 Å². The zero-order valence-electron chi connectivity index (χ0n) is 19.4. The standard InChI is InChI=1S/C23H28Cl3N3O4S/c1-5-21(23(31)27-15(2)3)29(13-16-6-7-18(25)12-20(16)26)22(30)14-28(4)34(32,33)19-10-8-17(24)9-11-19/h6-12,15,21H,5,13-14H2,1-4H3,(H,27,31)/t21-/m0/s1. The van der Waals surface area contributed by atoms with Gasteiger partial charge in [0.05, 0.1) is 11.4 Å². The highest BCUT2D eigenvalue weighted by molar-refractivity contribution is 7.89. The molecule has 2 rings (SSSR count). The lowest BCUT2D eigenvalue weighted by Gasteiger charge is -2.32. The molecule has 186 valence electrons. The minimum atomic E-state index is -3.96. The molecule has 0 saturated heterocycles. The lowest BCUT2D eigenvalue weighted by Crippen LogP contribution is -2.52. The molecule has 0 aliphatic rings. The first-order valence-electron chi connectivity index (χ1n) is 10.6. The third-order valence-corrected chi connectivity index (χ3v) is 7.71. The van der Waals surface area contributed by atoms with Gasteiger partial charge in [-0.05, 0) is 62.2 Å². The van der Waals surface area contributed by atoms with Crippen molar-refractivity contribution in [3.05, 3.63) is 63.1 Å². The van der Waals surface area contributed by atoms with Crippen LogP contribution in [-0.2, 0) is 26.2 Å². The van der Waals surface area contributed by atoms with Crippen molar-refractivity contribution in [3.8, 4) is 0 Å². The van der Waals surface area contributed by atoms with E-state index in [4.69, 9.17) is 34.8 Å². The summed E-state index contributed by atoms with van der Waals surface area (Å²) in [6, 6.07) is 9.56. The topological polar surface area (TPSA) is 86.8 Å². The number of sulfonamides is 1. The van der Waals surface area contributed by atoms with Crippen molar-refractivity contribution in [2.24, 2.45) is 0 Å². The van der Waals surface area contributed by atoms with Gasteiger partial charge in [0.1, 0.15) is 6.04 Å². The second-order valence-electron chi connectivity index (χ2n) is 8.06. The third kappa shape index (κ3) is 7.33. The van der Waals surface area contributed by atoms with Crippen LogP contribution in [-0.4, -0.2) is 55.1 Å². The molecule has 2 aromatic rings. The van der Waals surface area contributed by atoms with Crippen molar-refractivity contribution >= 4 is 56.6 Å². The van der Waals surface area contributed by atoms with Crippen LogP contribution in [0.4, 0.5) is 0 Å². The molecule has 0 aliphatic heterocycles. The first-order chi connectivity index (χ1) is 15.9. The fraction of sp³-hybridized carbons (Fsp3) is 0.391. The molecule has 0 radical (unpaired) electrons. The largest absolute Gasteiger partial charge is 0.352 e. The number of nitrogens with one attached hydrogen (secondary N) is 1. The van der Waals surface area contributed by atoms with Gasteiger partial charge in [0.25, 0.3) is 0 Å². The van der Waals surface area contributed by atoms with Crippen LogP contribution in [0.2, 0.25) is 15.1 Å². The smallest absolute Gasteiger partial charge is 0.243 e. The molecule has 0 bridgehead atoms. The Morgan fingerprint density at radius 1 is 1.00 bits per heavy atom. The summed E-state index contributed by atoms with van der Waals surface area (Å²) < 4.78 is 26.9. The predicted molar refractivity (Wildman–Crippen MR) is 136 cm³/mol. The van der Waals surface area contributed by atoms with E-state index in [1.807, 2.05) is 13.8 Å². The van der Waals surface area contributed by atoms with Gasteiger partial charge in [-0.25, -0.2) is 8.42 Å². The lowest BCUT2D eigenvalue weighted by molar-refractivity contribution is -0.141. The Balaban J connectivity index is 2.36. The molecule has 0 saturated carbocycles. The number of halogens is 3. The molecule has 1 N–H and O–H groups in total. The first kappa shape index (κ1) is 28.4. The van der Waals surface area contributed by atoms with Crippen molar-refractivity contribution in [2.45, 2.75) is 50.7 Å². The van der Waals surface area contributed by atoms with Crippen LogP contribution in [0.3, 0.4) is 0 Å². The summed E-state index contributed by atoms with van der Waals surface area (Å²) in [6.45, 7) is 4.95. The van der Waals surface area contributed by atoms with Gasteiger partial charge in [0, 0.05) is 34.7 Å². The Labute approximate surface area is 216 Å². The molecule has 0 aromatic heterocycles. The molecule has 0 aliphatic carbocycles. The van der Waals surface area contributed by atoms with Crippen LogP contribution in [0.15, 0.2) is 47.4 Å². The average molecular weight is 549 g/mol. The summed E-state index contributed by atoms with van der Waals surface area (Å²) in [5, 5.41) is 3.99. The number of carbonyl (C=O) groups is 2. The van der Waals surface area contributed by atoms with Gasteiger partial charge in [-0.1, -0.05) is 47.8 Å². The van der Waals surface area contributed by atoms with Gasteiger partial charge in [-0.15, -0.1) is 0 Å². The Morgan fingerprint density at radius 3 is 2.12 bits per heavy atom. The van der Waals surface area contributed by atoms with Crippen LogP contribution in [0.25, 0.3) is 0 Å². The number of rotatable bonds is 10. The SMILES string of the molecule is CC[C@@H](C(=O)NC(C)C)N(Cc1ccc(Cl)cc1Cl)C(=O)CN(C)S(=O)(=O)c1ccc(Cl)cc1. The van der Waals surface area contributed by atoms with Crippen molar-refractivity contribution in [2.75, 3.05) is 13.6 Å². The predicted octanol–water partition coefficient (Wildman–Crippen LogP) is 4.60. The molecule has 34 heavy (non-hydrogen) atoms.